The quantitative estimate of drug-likeness (QED) is 0.750. The van der Waals surface area contributed by atoms with E-state index in [2.05, 4.69) is 17.2 Å². The average molecular weight is 390 g/mol. The number of hydrogen-bond acceptors (Lipinski definition) is 6. The molecule has 6 nitrogen and oxygen atoms in total. The Bertz CT molecular complexity index is 730. The van der Waals surface area contributed by atoms with Crippen molar-refractivity contribution in [3.05, 3.63) is 40.3 Å². The molecule has 1 fully saturated rings. The van der Waals surface area contributed by atoms with E-state index in [0.717, 1.165) is 44.6 Å². The van der Waals surface area contributed by atoms with Gasteiger partial charge in [-0.05, 0) is 50.6 Å². The first-order valence-electron chi connectivity index (χ1n) is 9.42. The molecule has 1 aromatic carbocycles. The number of thiazole rings is 1. The Hall–Kier alpha value is -2.12. The van der Waals surface area contributed by atoms with E-state index in [1.807, 2.05) is 22.4 Å². The van der Waals surface area contributed by atoms with Gasteiger partial charge >= 0.3 is 0 Å². The highest BCUT2D eigenvalue weighted by molar-refractivity contribution is 7.07. The fourth-order valence-corrected chi connectivity index (χ4v) is 3.90. The molecule has 1 saturated heterocycles. The Morgan fingerprint density at radius 2 is 2.15 bits per heavy atom. The maximum Gasteiger partial charge on any atom is 0.254 e. The molecule has 3 rings (SSSR count). The zero-order valence-corrected chi connectivity index (χ0v) is 16.8. The maximum absolute atomic E-state index is 13.2. The van der Waals surface area contributed by atoms with Crippen LogP contribution >= 0.6 is 11.3 Å². The minimum Gasteiger partial charge on any atom is -0.493 e. The molecule has 1 N–H and O–H groups in total. The van der Waals surface area contributed by atoms with Crippen LogP contribution in [-0.4, -0.2) is 48.6 Å². The van der Waals surface area contributed by atoms with Crippen LogP contribution < -0.4 is 14.8 Å². The Kier molecular flexibility index (Phi) is 7.06. The number of ether oxygens (including phenoxy) is 2. The topological polar surface area (TPSA) is 63.7 Å². The number of nitrogens with one attached hydrogen (secondary N) is 1. The molecule has 0 radical (unpaired) electrons. The van der Waals surface area contributed by atoms with Crippen molar-refractivity contribution in [3.63, 3.8) is 0 Å². The zero-order chi connectivity index (χ0) is 19.1. The van der Waals surface area contributed by atoms with Crippen molar-refractivity contribution in [2.75, 3.05) is 26.7 Å². The number of hydrogen-bond donors (Lipinski definition) is 1. The summed E-state index contributed by atoms with van der Waals surface area (Å²) in [5.74, 6) is 1.25. The second-order valence-corrected chi connectivity index (χ2v) is 7.33. The zero-order valence-electron chi connectivity index (χ0n) is 15.9. The highest BCUT2D eigenvalue weighted by atomic mass is 32.1. The summed E-state index contributed by atoms with van der Waals surface area (Å²) in [4.78, 5) is 19.4. The molecule has 0 unspecified atom stereocenters. The van der Waals surface area contributed by atoms with Crippen molar-refractivity contribution >= 4 is 17.2 Å². The molecule has 27 heavy (non-hydrogen) atoms. The monoisotopic (exact) mass is 389 g/mol. The molecule has 1 aromatic heterocycles. The van der Waals surface area contributed by atoms with Crippen molar-refractivity contribution in [2.24, 2.45) is 0 Å². The van der Waals surface area contributed by atoms with E-state index in [1.54, 1.807) is 18.7 Å². The third-order valence-electron chi connectivity index (χ3n) is 4.74. The number of carbonyl (C=O) groups excluding carboxylic acids is 1. The molecule has 0 bridgehead atoms. The Balaban J connectivity index is 1.74. The van der Waals surface area contributed by atoms with Crippen LogP contribution in [0.1, 0.15) is 42.2 Å². The SMILES string of the molecule is CCCN(C(=O)c1ccc(OCc2cscn2)c(OC)c1)C1CCNCC1. The Labute approximate surface area is 164 Å². The predicted octanol–water partition coefficient (Wildman–Crippen LogP) is 3.33. The van der Waals surface area contributed by atoms with E-state index in [0.29, 0.717) is 29.7 Å². The Morgan fingerprint density at radius 1 is 1.33 bits per heavy atom. The predicted molar refractivity (Wildman–Crippen MR) is 107 cm³/mol. The second kappa shape index (κ2) is 9.71. The van der Waals surface area contributed by atoms with Gasteiger partial charge in [-0.2, -0.15) is 0 Å². The number of benzene rings is 1. The highest BCUT2D eigenvalue weighted by Crippen LogP contribution is 2.30. The molecular formula is C20H27N3O3S. The standard InChI is InChI=1S/C20H27N3O3S/c1-3-10-23(17-6-8-21-9-7-17)20(24)15-4-5-18(19(11-15)25-2)26-12-16-13-27-14-22-16/h4-5,11,13-14,17,21H,3,6-10,12H2,1-2H3. The molecule has 2 heterocycles. The van der Waals surface area contributed by atoms with Crippen molar-refractivity contribution in [1.82, 2.24) is 15.2 Å². The van der Waals surface area contributed by atoms with Gasteiger partial charge in [-0.3, -0.25) is 4.79 Å². The summed E-state index contributed by atoms with van der Waals surface area (Å²) in [5, 5.41) is 5.31. The molecule has 1 aliphatic heterocycles. The summed E-state index contributed by atoms with van der Waals surface area (Å²) < 4.78 is 11.3. The van der Waals surface area contributed by atoms with Gasteiger partial charge < -0.3 is 19.7 Å². The van der Waals surface area contributed by atoms with E-state index >= 15 is 0 Å². The number of amides is 1. The lowest BCUT2D eigenvalue weighted by Crippen LogP contribution is -2.46. The van der Waals surface area contributed by atoms with Crippen molar-refractivity contribution in [3.8, 4) is 11.5 Å². The highest BCUT2D eigenvalue weighted by Gasteiger charge is 2.26. The normalized spacial score (nSPS) is 14.7. The van der Waals surface area contributed by atoms with Gasteiger partial charge in [-0.1, -0.05) is 6.92 Å². The van der Waals surface area contributed by atoms with Crippen LogP contribution in [0.15, 0.2) is 29.1 Å². The first-order chi connectivity index (χ1) is 13.2. The first kappa shape index (κ1) is 19.6. The molecule has 7 heteroatoms. The molecule has 2 aromatic rings. The van der Waals surface area contributed by atoms with Crippen LogP contribution in [0.25, 0.3) is 0 Å². The van der Waals surface area contributed by atoms with Gasteiger partial charge in [-0.15, -0.1) is 11.3 Å². The third-order valence-corrected chi connectivity index (χ3v) is 5.38. The summed E-state index contributed by atoms with van der Waals surface area (Å²) in [6.07, 6.45) is 2.94. The van der Waals surface area contributed by atoms with Crippen LogP contribution in [0.2, 0.25) is 0 Å². The molecule has 1 amide bonds. The lowest BCUT2D eigenvalue weighted by atomic mass is 10.0. The third kappa shape index (κ3) is 4.99. The molecule has 1 aliphatic rings. The minimum atomic E-state index is 0.0631. The van der Waals surface area contributed by atoms with Crippen LogP contribution in [-0.2, 0) is 6.61 Å². The second-order valence-electron chi connectivity index (χ2n) is 6.61. The van der Waals surface area contributed by atoms with Crippen LogP contribution in [0.4, 0.5) is 0 Å². The molecule has 0 atom stereocenters. The smallest absolute Gasteiger partial charge is 0.254 e. The van der Waals surface area contributed by atoms with E-state index < -0.39 is 0 Å². The van der Waals surface area contributed by atoms with Crippen LogP contribution in [0, 0.1) is 0 Å². The lowest BCUT2D eigenvalue weighted by Gasteiger charge is -2.34. The van der Waals surface area contributed by atoms with E-state index in [9.17, 15) is 4.79 Å². The van der Waals surface area contributed by atoms with Gasteiger partial charge in [0.15, 0.2) is 11.5 Å². The van der Waals surface area contributed by atoms with Gasteiger partial charge in [0.25, 0.3) is 5.91 Å². The maximum atomic E-state index is 13.2. The summed E-state index contributed by atoms with van der Waals surface area (Å²) in [5.41, 5.74) is 3.29. The minimum absolute atomic E-state index is 0.0631. The molecule has 0 aliphatic carbocycles. The number of piperidine rings is 1. The molecule has 0 saturated carbocycles. The number of carbonyl (C=O) groups is 1. The van der Waals surface area contributed by atoms with Gasteiger partial charge in [0.1, 0.15) is 6.61 Å². The number of rotatable bonds is 8. The Morgan fingerprint density at radius 3 is 2.81 bits per heavy atom. The molecule has 0 spiro atoms. The summed E-state index contributed by atoms with van der Waals surface area (Å²) in [6, 6.07) is 5.71. The van der Waals surface area contributed by atoms with Crippen molar-refractivity contribution < 1.29 is 14.3 Å². The molecular weight excluding hydrogens is 362 g/mol. The van der Waals surface area contributed by atoms with E-state index in [1.165, 1.54) is 11.3 Å². The summed E-state index contributed by atoms with van der Waals surface area (Å²) in [7, 11) is 1.59. The van der Waals surface area contributed by atoms with Crippen molar-refractivity contribution in [1.29, 1.82) is 0 Å². The van der Waals surface area contributed by atoms with Gasteiger partial charge in [0, 0.05) is 23.5 Å². The van der Waals surface area contributed by atoms with Crippen LogP contribution in [0.5, 0.6) is 11.5 Å². The largest absolute Gasteiger partial charge is 0.493 e. The van der Waals surface area contributed by atoms with E-state index in [4.69, 9.17) is 9.47 Å². The van der Waals surface area contributed by atoms with Crippen molar-refractivity contribution in [2.45, 2.75) is 38.8 Å². The first-order valence-corrected chi connectivity index (χ1v) is 10.4. The average Bonchev–Trinajstić information content (AvgIpc) is 3.24. The fraction of sp³-hybridized carbons (Fsp3) is 0.500. The number of aromatic nitrogens is 1. The number of methoxy groups -OCH3 is 1. The summed E-state index contributed by atoms with van der Waals surface area (Å²) in [6.45, 7) is 5.19. The number of nitrogens with zero attached hydrogens (tertiary/aromatic N) is 2. The lowest BCUT2D eigenvalue weighted by molar-refractivity contribution is 0.0642. The van der Waals surface area contributed by atoms with Crippen LogP contribution in [0.3, 0.4) is 0 Å². The fourth-order valence-electron chi connectivity index (χ4n) is 3.36. The summed E-state index contributed by atoms with van der Waals surface area (Å²) >= 11 is 1.54. The van der Waals surface area contributed by atoms with Gasteiger partial charge in [0.2, 0.25) is 0 Å². The molecule has 146 valence electrons. The van der Waals surface area contributed by atoms with Gasteiger partial charge in [0.05, 0.1) is 18.3 Å². The van der Waals surface area contributed by atoms with E-state index in [-0.39, 0.29) is 5.91 Å². The van der Waals surface area contributed by atoms with Gasteiger partial charge in [-0.25, -0.2) is 4.98 Å².